The number of hydrogen-bond acceptors (Lipinski definition) is 6. The molecule has 5 rings (SSSR count). The third-order valence-corrected chi connectivity index (χ3v) is 8.76. The highest BCUT2D eigenvalue weighted by atomic mass is 32.2. The number of anilines is 2. The van der Waals surface area contributed by atoms with Crippen LogP contribution in [0.25, 0.3) is 10.2 Å². The molecule has 0 saturated carbocycles. The standard InChI is InChI=1S/C26H33N5OS2/c1-4-5-22-28-24(23-20-11-6-17(2)16-21(20)34-25(23)29-22)30-12-14-31(15-13-30)26(32)27-18-7-9-19(33-3)10-8-18/h7-10,17H,4-6,11-16H2,1-3H3,(H,27,32). The number of aryl methyl sites for hydroxylation is 2. The molecule has 34 heavy (non-hydrogen) atoms. The number of carbonyl (C=O) groups excluding carboxylic acids is 1. The lowest BCUT2D eigenvalue weighted by Crippen LogP contribution is -2.50. The molecule has 6 nitrogen and oxygen atoms in total. The Labute approximate surface area is 210 Å². The van der Waals surface area contributed by atoms with E-state index in [-0.39, 0.29) is 6.03 Å². The van der Waals surface area contributed by atoms with Crippen molar-refractivity contribution in [2.24, 2.45) is 5.92 Å². The van der Waals surface area contributed by atoms with Gasteiger partial charge < -0.3 is 15.1 Å². The molecule has 1 aliphatic carbocycles. The van der Waals surface area contributed by atoms with Gasteiger partial charge >= 0.3 is 6.03 Å². The first-order valence-corrected chi connectivity index (χ1v) is 14.4. The van der Waals surface area contributed by atoms with Gasteiger partial charge in [0.2, 0.25) is 0 Å². The molecule has 1 fully saturated rings. The van der Waals surface area contributed by atoms with Crippen LogP contribution in [0, 0.1) is 5.92 Å². The van der Waals surface area contributed by atoms with E-state index in [4.69, 9.17) is 9.97 Å². The maximum absolute atomic E-state index is 12.9. The number of thioether (sulfide) groups is 1. The minimum Gasteiger partial charge on any atom is -0.352 e. The summed E-state index contributed by atoms with van der Waals surface area (Å²) < 4.78 is 0. The first kappa shape index (κ1) is 23.4. The van der Waals surface area contributed by atoms with Crippen molar-refractivity contribution in [1.29, 1.82) is 0 Å². The van der Waals surface area contributed by atoms with Gasteiger partial charge in [-0.1, -0.05) is 13.8 Å². The number of thiophene rings is 1. The highest BCUT2D eigenvalue weighted by molar-refractivity contribution is 7.98. The monoisotopic (exact) mass is 495 g/mol. The lowest BCUT2D eigenvalue weighted by molar-refractivity contribution is 0.208. The van der Waals surface area contributed by atoms with Crippen molar-refractivity contribution in [2.75, 3.05) is 42.7 Å². The average molecular weight is 496 g/mol. The smallest absolute Gasteiger partial charge is 0.321 e. The Balaban J connectivity index is 1.34. The molecule has 3 aromatic rings. The van der Waals surface area contributed by atoms with E-state index in [1.807, 2.05) is 40.5 Å². The normalized spacial score (nSPS) is 18.3. The zero-order valence-electron chi connectivity index (χ0n) is 20.3. The minimum atomic E-state index is -0.0297. The second-order valence-electron chi connectivity index (χ2n) is 9.38. The summed E-state index contributed by atoms with van der Waals surface area (Å²) in [6, 6.07) is 7.97. The van der Waals surface area contributed by atoms with Gasteiger partial charge in [0.15, 0.2) is 0 Å². The van der Waals surface area contributed by atoms with Crippen molar-refractivity contribution >= 4 is 50.9 Å². The van der Waals surface area contributed by atoms with E-state index >= 15 is 0 Å². The molecule has 180 valence electrons. The molecule has 0 bridgehead atoms. The van der Waals surface area contributed by atoms with Gasteiger partial charge in [0.25, 0.3) is 0 Å². The Kier molecular flexibility index (Phi) is 6.97. The molecule has 0 radical (unpaired) electrons. The maximum atomic E-state index is 12.9. The number of carbonyl (C=O) groups is 1. The van der Waals surface area contributed by atoms with E-state index in [0.29, 0.717) is 13.1 Å². The van der Waals surface area contributed by atoms with Crippen LogP contribution in [0.4, 0.5) is 16.3 Å². The average Bonchev–Trinajstić information content (AvgIpc) is 3.21. The van der Waals surface area contributed by atoms with Gasteiger partial charge in [-0.25, -0.2) is 14.8 Å². The van der Waals surface area contributed by atoms with Crippen molar-refractivity contribution < 1.29 is 4.79 Å². The van der Waals surface area contributed by atoms with Crippen molar-refractivity contribution in [3.63, 3.8) is 0 Å². The second-order valence-corrected chi connectivity index (χ2v) is 11.3. The number of rotatable bonds is 5. The van der Waals surface area contributed by atoms with Crippen molar-refractivity contribution in [2.45, 2.75) is 50.8 Å². The van der Waals surface area contributed by atoms with Crippen LogP contribution in [0.15, 0.2) is 29.2 Å². The highest BCUT2D eigenvalue weighted by Gasteiger charge is 2.28. The fourth-order valence-electron chi connectivity index (χ4n) is 4.93. The summed E-state index contributed by atoms with van der Waals surface area (Å²) in [6.07, 6.45) is 7.51. The number of amides is 2. The van der Waals surface area contributed by atoms with E-state index in [9.17, 15) is 4.79 Å². The number of hydrogen-bond donors (Lipinski definition) is 1. The number of fused-ring (bicyclic) bond motifs is 3. The van der Waals surface area contributed by atoms with E-state index in [1.165, 1.54) is 27.1 Å². The molecule has 1 unspecified atom stereocenters. The molecule has 1 N–H and O–H groups in total. The molecular weight excluding hydrogens is 462 g/mol. The van der Waals surface area contributed by atoms with Crippen LogP contribution in [0.5, 0.6) is 0 Å². The topological polar surface area (TPSA) is 61.4 Å². The number of nitrogens with one attached hydrogen (secondary N) is 1. The first-order valence-electron chi connectivity index (χ1n) is 12.3. The van der Waals surface area contributed by atoms with E-state index in [2.05, 4.69) is 30.3 Å². The van der Waals surface area contributed by atoms with Crippen LogP contribution in [0.3, 0.4) is 0 Å². The van der Waals surface area contributed by atoms with Gasteiger partial charge in [-0.05, 0) is 67.7 Å². The van der Waals surface area contributed by atoms with Gasteiger partial charge in [-0.3, -0.25) is 0 Å². The van der Waals surface area contributed by atoms with Crippen molar-refractivity contribution in [3.8, 4) is 0 Å². The summed E-state index contributed by atoms with van der Waals surface area (Å²) >= 11 is 3.58. The lowest BCUT2D eigenvalue weighted by Gasteiger charge is -2.36. The largest absolute Gasteiger partial charge is 0.352 e. The molecular formula is C26H33N5OS2. The predicted molar refractivity (Wildman–Crippen MR) is 144 cm³/mol. The van der Waals surface area contributed by atoms with Crippen LogP contribution < -0.4 is 10.2 Å². The summed E-state index contributed by atoms with van der Waals surface area (Å²) in [7, 11) is 0. The number of nitrogens with zero attached hydrogens (tertiary/aromatic N) is 4. The summed E-state index contributed by atoms with van der Waals surface area (Å²) in [5.74, 6) is 2.78. The molecule has 1 aromatic carbocycles. The number of piperazine rings is 1. The summed E-state index contributed by atoms with van der Waals surface area (Å²) in [4.78, 5) is 31.0. The summed E-state index contributed by atoms with van der Waals surface area (Å²) in [6.45, 7) is 7.48. The minimum absolute atomic E-state index is 0.0297. The molecule has 0 spiro atoms. The molecule has 2 aliphatic rings. The Hall–Kier alpha value is -2.32. The SMILES string of the molecule is CCCc1nc(N2CCN(C(=O)Nc3ccc(SC)cc3)CC2)c2c3c(sc2n1)CC(C)CC3. The number of urea groups is 1. The van der Waals surface area contributed by atoms with Crippen LogP contribution in [0.1, 0.15) is 43.0 Å². The fourth-order valence-corrected chi connectivity index (χ4v) is 6.73. The number of aromatic nitrogens is 2. The second kappa shape index (κ2) is 10.1. The highest BCUT2D eigenvalue weighted by Crippen LogP contribution is 2.41. The Morgan fingerprint density at radius 2 is 1.94 bits per heavy atom. The van der Waals surface area contributed by atoms with Gasteiger partial charge in [0.05, 0.1) is 5.39 Å². The van der Waals surface area contributed by atoms with Crippen molar-refractivity contribution in [3.05, 3.63) is 40.5 Å². The zero-order chi connectivity index (χ0) is 23.7. The molecule has 3 heterocycles. The van der Waals surface area contributed by atoms with Gasteiger partial charge in [-0.15, -0.1) is 23.1 Å². The Morgan fingerprint density at radius 1 is 1.18 bits per heavy atom. The fraction of sp³-hybridized carbons (Fsp3) is 0.500. The zero-order valence-corrected chi connectivity index (χ0v) is 21.9. The molecule has 1 saturated heterocycles. The summed E-state index contributed by atoms with van der Waals surface area (Å²) in [5, 5.41) is 4.33. The number of benzene rings is 1. The molecule has 2 amide bonds. The quantitative estimate of drug-likeness (QED) is 0.450. The molecule has 1 aliphatic heterocycles. The molecule has 8 heteroatoms. The molecule has 1 atom stereocenters. The first-order chi connectivity index (χ1) is 16.6. The van der Waals surface area contributed by atoms with Crippen LogP contribution >= 0.6 is 23.1 Å². The van der Waals surface area contributed by atoms with Gasteiger partial charge in [0, 0.05) is 48.1 Å². The predicted octanol–water partition coefficient (Wildman–Crippen LogP) is 5.84. The van der Waals surface area contributed by atoms with Crippen LogP contribution in [0.2, 0.25) is 0 Å². The molecule has 2 aromatic heterocycles. The van der Waals surface area contributed by atoms with Crippen LogP contribution in [-0.2, 0) is 19.3 Å². The van der Waals surface area contributed by atoms with Gasteiger partial charge in [0.1, 0.15) is 16.5 Å². The maximum Gasteiger partial charge on any atom is 0.321 e. The van der Waals surface area contributed by atoms with Crippen molar-refractivity contribution in [1.82, 2.24) is 14.9 Å². The third-order valence-electron chi connectivity index (χ3n) is 6.86. The lowest BCUT2D eigenvalue weighted by atomic mass is 9.89. The van der Waals surface area contributed by atoms with Crippen LogP contribution in [-0.4, -0.2) is 53.3 Å². The summed E-state index contributed by atoms with van der Waals surface area (Å²) in [5.41, 5.74) is 2.32. The third kappa shape index (κ3) is 4.75. The van der Waals surface area contributed by atoms with E-state index < -0.39 is 0 Å². The van der Waals surface area contributed by atoms with E-state index in [1.54, 1.807) is 11.8 Å². The van der Waals surface area contributed by atoms with E-state index in [0.717, 1.165) is 66.9 Å². The Bertz CT molecular complexity index is 1170. The Morgan fingerprint density at radius 3 is 2.65 bits per heavy atom. The van der Waals surface area contributed by atoms with Gasteiger partial charge in [-0.2, -0.15) is 0 Å².